The monoisotopic (exact) mass is 411 g/mol. The van der Waals surface area contributed by atoms with Crippen LogP contribution in [0.1, 0.15) is 44.6 Å². The van der Waals surface area contributed by atoms with E-state index < -0.39 is 11.0 Å². The summed E-state index contributed by atoms with van der Waals surface area (Å²) in [5, 5.41) is 14.1. The number of fused-ring (bicyclic) bond motifs is 2. The van der Waals surface area contributed by atoms with E-state index in [1.54, 1.807) is 23.0 Å². The fourth-order valence-corrected chi connectivity index (χ4v) is 5.19. The summed E-state index contributed by atoms with van der Waals surface area (Å²) in [7, 11) is 1.89. The lowest BCUT2D eigenvalue weighted by Crippen LogP contribution is -2.50. The Labute approximate surface area is 174 Å². The highest BCUT2D eigenvalue weighted by Crippen LogP contribution is 2.58. The van der Waals surface area contributed by atoms with Crippen LogP contribution in [-0.2, 0) is 10.2 Å². The minimum atomic E-state index is -0.882. The van der Waals surface area contributed by atoms with E-state index in [1.165, 1.54) is 0 Å². The van der Waals surface area contributed by atoms with Crippen LogP contribution in [0.3, 0.4) is 0 Å². The molecule has 8 heteroatoms. The second kappa shape index (κ2) is 6.68. The molecule has 2 saturated carbocycles. The van der Waals surface area contributed by atoms with Gasteiger partial charge in [0.2, 0.25) is 11.9 Å². The number of aliphatic hydroxyl groups is 1. The minimum Gasteiger partial charge on any atom is -0.388 e. The van der Waals surface area contributed by atoms with E-state index in [9.17, 15) is 9.90 Å². The molecule has 3 aliphatic rings. The second-order valence-electron chi connectivity index (χ2n) is 8.41. The average molecular weight is 412 g/mol. The molecule has 2 aliphatic carbocycles. The van der Waals surface area contributed by atoms with Crippen molar-refractivity contribution in [3.63, 3.8) is 0 Å². The fraction of sp³-hybridized carbons (Fsp3) is 0.476. The zero-order chi connectivity index (χ0) is 20.2. The summed E-state index contributed by atoms with van der Waals surface area (Å²) in [6, 6.07) is 7.75. The van der Waals surface area contributed by atoms with Gasteiger partial charge in [-0.2, -0.15) is 4.98 Å². The Hall–Kier alpha value is -2.16. The first kappa shape index (κ1) is 18.8. The summed E-state index contributed by atoms with van der Waals surface area (Å²) >= 11 is 1.55. The lowest BCUT2D eigenvalue weighted by atomic mass is 9.98. The number of hydrogen-bond acceptors (Lipinski definition) is 7. The molecular formula is C21H25N5O2S. The Kier molecular flexibility index (Phi) is 4.34. The van der Waals surface area contributed by atoms with Gasteiger partial charge >= 0.3 is 0 Å². The molecule has 1 spiro atoms. The molecule has 29 heavy (non-hydrogen) atoms. The van der Waals surface area contributed by atoms with Crippen molar-refractivity contribution >= 4 is 35.3 Å². The fourth-order valence-electron chi connectivity index (χ4n) is 4.68. The van der Waals surface area contributed by atoms with Crippen LogP contribution in [-0.4, -0.2) is 39.7 Å². The van der Waals surface area contributed by atoms with Gasteiger partial charge in [-0.25, -0.2) is 4.98 Å². The van der Waals surface area contributed by atoms with Crippen molar-refractivity contribution in [3.05, 3.63) is 36.0 Å². The smallest absolute Gasteiger partial charge is 0.239 e. The molecule has 2 atom stereocenters. The van der Waals surface area contributed by atoms with Crippen LogP contribution in [0, 0.1) is 0 Å². The molecule has 0 bridgehead atoms. The van der Waals surface area contributed by atoms with Crippen LogP contribution >= 0.6 is 11.9 Å². The van der Waals surface area contributed by atoms with Gasteiger partial charge < -0.3 is 10.4 Å². The summed E-state index contributed by atoms with van der Waals surface area (Å²) in [5.41, 5.74) is 0.456. The van der Waals surface area contributed by atoms with Crippen molar-refractivity contribution in [1.29, 1.82) is 0 Å². The Morgan fingerprint density at radius 3 is 2.62 bits per heavy atom. The van der Waals surface area contributed by atoms with Crippen LogP contribution in [0.2, 0.25) is 0 Å². The summed E-state index contributed by atoms with van der Waals surface area (Å²) in [6.07, 6.45) is 5.89. The molecule has 0 saturated heterocycles. The molecule has 2 aromatic rings. The van der Waals surface area contributed by atoms with Gasteiger partial charge in [-0.15, -0.1) is 0 Å². The van der Waals surface area contributed by atoms with E-state index >= 15 is 0 Å². The number of rotatable bonds is 5. The molecule has 3 N–H and O–H groups in total. The van der Waals surface area contributed by atoms with Crippen LogP contribution in [0.25, 0.3) is 0 Å². The maximum atomic E-state index is 13.3. The highest BCUT2D eigenvalue weighted by molar-refractivity contribution is 7.97. The minimum absolute atomic E-state index is 0.0829. The maximum Gasteiger partial charge on any atom is 0.239 e. The van der Waals surface area contributed by atoms with E-state index in [4.69, 9.17) is 4.98 Å². The van der Waals surface area contributed by atoms with E-state index in [0.29, 0.717) is 18.2 Å². The molecule has 5 rings (SSSR count). The molecule has 1 amide bonds. The Bertz CT molecular complexity index is 958. The zero-order valence-corrected chi connectivity index (χ0v) is 17.4. The van der Waals surface area contributed by atoms with Crippen molar-refractivity contribution in [2.75, 3.05) is 17.3 Å². The number of nitrogens with one attached hydrogen (secondary N) is 2. The van der Waals surface area contributed by atoms with Crippen LogP contribution in [0.15, 0.2) is 35.4 Å². The first-order valence-corrected chi connectivity index (χ1v) is 10.9. The van der Waals surface area contributed by atoms with E-state index in [0.717, 1.165) is 41.8 Å². The predicted molar refractivity (Wildman–Crippen MR) is 113 cm³/mol. The number of aromatic nitrogens is 2. The summed E-state index contributed by atoms with van der Waals surface area (Å²) in [5.74, 6) is 1.21. The third kappa shape index (κ3) is 3.01. The molecule has 2 heterocycles. The van der Waals surface area contributed by atoms with Gasteiger partial charge in [0.05, 0.1) is 17.1 Å². The molecule has 0 radical (unpaired) electrons. The molecule has 1 aliphatic heterocycles. The van der Waals surface area contributed by atoms with Gasteiger partial charge in [0, 0.05) is 22.3 Å². The van der Waals surface area contributed by atoms with Crippen LogP contribution < -0.4 is 14.9 Å². The van der Waals surface area contributed by atoms with Gasteiger partial charge in [0.15, 0.2) is 0 Å². The highest BCUT2D eigenvalue weighted by Gasteiger charge is 2.63. The number of anilines is 3. The molecule has 2 fully saturated rings. The Balaban J connectivity index is 1.47. The molecule has 7 nitrogen and oxygen atoms in total. The molecule has 1 aromatic carbocycles. The van der Waals surface area contributed by atoms with Crippen molar-refractivity contribution in [3.8, 4) is 0 Å². The quantitative estimate of drug-likeness (QED) is 0.651. The van der Waals surface area contributed by atoms with Gasteiger partial charge in [0.25, 0.3) is 0 Å². The number of nitrogens with zero attached hydrogens (tertiary/aromatic N) is 3. The molecule has 1 aromatic heterocycles. The Morgan fingerprint density at radius 2 is 2.00 bits per heavy atom. The van der Waals surface area contributed by atoms with E-state index in [-0.39, 0.29) is 11.9 Å². The largest absolute Gasteiger partial charge is 0.388 e. The van der Waals surface area contributed by atoms with Gasteiger partial charge in [0.1, 0.15) is 5.82 Å². The normalized spacial score (nSPS) is 26.8. The number of amides is 1. The van der Waals surface area contributed by atoms with Crippen molar-refractivity contribution in [2.45, 2.75) is 61.0 Å². The number of benzene rings is 1. The van der Waals surface area contributed by atoms with Crippen LogP contribution in [0.5, 0.6) is 0 Å². The first-order chi connectivity index (χ1) is 13.9. The zero-order valence-electron chi connectivity index (χ0n) is 16.6. The number of hydrogen-bond donors (Lipinski definition) is 3. The molecule has 152 valence electrons. The van der Waals surface area contributed by atoms with E-state index in [2.05, 4.69) is 15.0 Å². The first-order valence-electron chi connectivity index (χ1n) is 10.1. The Morgan fingerprint density at radius 1 is 1.24 bits per heavy atom. The topological polar surface area (TPSA) is 90.4 Å². The standard InChI is InChI=1S/C21H25N5O2S/c1-20(28)9-3-4-16(20)26-17-15(21(10-11-21)18(26)27)12-23-19(25-17)24-13-5-7-14(8-6-13)29-22-2/h5-8,12,16,22,28H,3-4,9-11H2,1-2H3,(H,23,24,25)/t16?,20-/m0/s1. The SMILES string of the molecule is CNSc1ccc(Nc2ncc3c(n2)N(C2CCC[C@]2(C)O)C(=O)C32CC2)cc1. The third-order valence-electron chi connectivity index (χ3n) is 6.41. The lowest BCUT2D eigenvalue weighted by Gasteiger charge is -2.33. The van der Waals surface area contributed by atoms with Gasteiger partial charge in [-0.1, -0.05) is 0 Å². The van der Waals surface area contributed by atoms with Crippen LogP contribution in [0.4, 0.5) is 17.5 Å². The van der Waals surface area contributed by atoms with Gasteiger partial charge in [-0.05, 0) is 82.3 Å². The molecule has 1 unspecified atom stereocenters. The summed E-state index contributed by atoms with van der Waals surface area (Å²) in [4.78, 5) is 25.4. The van der Waals surface area contributed by atoms with Crippen molar-refractivity contribution in [2.24, 2.45) is 0 Å². The maximum absolute atomic E-state index is 13.3. The van der Waals surface area contributed by atoms with Gasteiger partial charge in [-0.3, -0.25) is 14.4 Å². The lowest BCUT2D eigenvalue weighted by molar-refractivity contribution is -0.121. The highest BCUT2D eigenvalue weighted by atomic mass is 32.2. The number of carbonyl (C=O) groups excluding carboxylic acids is 1. The third-order valence-corrected chi connectivity index (χ3v) is 7.12. The predicted octanol–water partition coefficient (Wildman–Crippen LogP) is 3.13. The van der Waals surface area contributed by atoms with Crippen molar-refractivity contribution < 1.29 is 9.90 Å². The summed E-state index contributed by atoms with van der Waals surface area (Å²) < 4.78 is 3.05. The molecular weight excluding hydrogens is 386 g/mol. The van der Waals surface area contributed by atoms with E-state index in [1.807, 2.05) is 38.2 Å². The number of carbonyl (C=O) groups is 1. The summed E-state index contributed by atoms with van der Waals surface area (Å²) in [6.45, 7) is 1.83. The second-order valence-corrected chi connectivity index (χ2v) is 9.49. The average Bonchev–Trinajstić information content (AvgIpc) is 3.38. The van der Waals surface area contributed by atoms with Crippen molar-refractivity contribution in [1.82, 2.24) is 14.7 Å².